The predicted octanol–water partition coefficient (Wildman–Crippen LogP) is 4.71. The molecule has 1 aliphatic heterocycles. The Bertz CT molecular complexity index is 926. The van der Waals surface area contributed by atoms with E-state index in [1.165, 1.54) is 48.8 Å². The number of nitrogens with zero attached hydrogens (tertiary/aromatic N) is 1. The Hall–Kier alpha value is -2.20. The van der Waals surface area contributed by atoms with Crippen LogP contribution in [0.25, 0.3) is 0 Å². The SMILES string of the molecule is COc1ccc(CCN2CC[C@]34CCCC[C@H]3[C@@H]2Cc2ccc(O)cc24)cc1OC. The Morgan fingerprint density at radius 1 is 1.03 bits per heavy atom. The van der Waals surface area contributed by atoms with Gasteiger partial charge in [-0.1, -0.05) is 25.0 Å². The Kier molecular flexibility index (Phi) is 5.14. The van der Waals surface area contributed by atoms with Crippen LogP contribution in [0.3, 0.4) is 0 Å². The van der Waals surface area contributed by atoms with Gasteiger partial charge in [-0.15, -0.1) is 0 Å². The molecule has 2 aliphatic carbocycles. The van der Waals surface area contributed by atoms with Gasteiger partial charge in [-0.3, -0.25) is 4.90 Å². The second-order valence-corrected chi connectivity index (χ2v) is 9.35. The number of hydrogen-bond donors (Lipinski definition) is 1. The molecule has 2 fully saturated rings. The van der Waals surface area contributed by atoms with Crippen molar-refractivity contribution in [1.82, 2.24) is 4.90 Å². The molecule has 4 nitrogen and oxygen atoms in total. The van der Waals surface area contributed by atoms with E-state index in [1.807, 2.05) is 12.1 Å². The Morgan fingerprint density at radius 3 is 2.73 bits per heavy atom. The fraction of sp³-hybridized carbons (Fsp3) is 0.538. The van der Waals surface area contributed by atoms with Crippen LogP contribution in [0.1, 0.15) is 48.8 Å². The van der Waals surface area contributed by atoms with Gasteiger partial charge < -0.3 is 14.6 Å². The van der Waals surface area contributed by atoms with Crippen molar-refractivity contribution in [2.45, 2.75) is 56.4 Å². The molecular formula is C26H33NO3. The second-order valence-electron chi connectivity index (χ2n) is 9.35. The molecule has 2 aromatic rings. The first-order chi connectivity index (χ1) is 14.6. The zero-order chi connectivity index (χ0) is 20.7. The first-order valence-corrected chi connectivity index (χ1v) is 11.4. The molecule has 0 spiro atoms. The lowest BCUT2D eigenvalue weighted by Crippen LogP contribution is -2.61. The van der Waals surface area contributed by atoms with Gasteiger partial charge >= 0.3 is 0 Å². The number of aromatic hydroxyl groups is 1. The first kappa shape index (κ1) is 19.7. The van der Waals surface area contributed by atoms with Crippen LogP contribution in [0, 0.1) is 5.92 Å². The van der Waals surface area contributed by atoms with E-state index < -0.39 is 0 Å². The van der Waals surface area contributed by atoms with Crippen molar-refractivity contribution in [2.24, 2.45) is 5.92 Å². The fourth-order valence-electron chi connectivity index (χ4n) is 6.66. The summed E-state index contributed by atoms with van der Waals surface area (Å²) in [6.07, 6.45) is 8.65. The Labute approximate surface area is 179 Å². The van der Waals surface area contributed by atoms with Gasteiger partial charge in [0.2, 0.25) is 0 Å². The Morgan fingerprint density at radius 2 is 1.90 bits per heavy atom. The summed E-state index contributed by atoms with van der Waals surface area (Å²) in [7, 11) is 3.38. The Balaban J connectivity index is 1.39. The number of methoxy groups -OCH3 is 2. The second kappa shape index (κ2) is 7.81. The molecule has 1 N–H and O–H groups in total. The summed E-state index contributed by atoms with van der Waals surface area (Å²) in [5.41, 5.74) is 4.51. The highest BCUT2D eigenvalue weighted by atomic mass is 16.5. The van der Waals surface area contributed by atoms with Crippen LogP contribution in [0.4, 0.5) is 0 Å². The molecule has 2 aromatic carbocycles. The van der Waals surface area contributed by atoms with E-state index >= 15 is 0 Å². The van der Waals surface area contributed by atoms with Crippen molar-refractivity contribution in [3.8, 4) is 17.2 Å². The average Bonchev–Trinajstić information content (AvgIpc) is 2.78. The lowest BCUT2D eigenvalue weighted by molar-refractivity contribution is -0.0107. The van der Waals surface area contributed by atoms with E-state index in [2.05, 4.69) is 29.2 Å². The number of piperidine rings is 1. The number of phenols is 1. The summed E-state index contributed by atoms with van der Waals surface area (Å²) in [5, 5.41) is 10.2. The van der Waals surface area contributed by atoms with Crippen molar-refractivity contribution in [3.63, 3.8) is 0 Å². The van der Waals surface area contributed by atoms with Gasteiger partial charge in [0, 0.05) is 18.0 Å². The zero-order valence-corrected chi connectivity index (χ0v) is 18.2. The number of fused-ring (bicyclic) bond motifs is 1. The largest absolute Gasteiger partial charge is 0.508 e. The number of ether oxygens (including phenoxy) is 2. The lowest BCUT2D eigenvalue weighted by Gasteiger charge is -2.59. The van der Waals surface area contributed by atoms with Gasteiger partial charge in [-0.25, -0.2) is 0 Å². The maximum Gasteiger partial charge on any atom is 0.160 e. The molecule has 4 heteroatoms. The van der Waals surface area contributed by atoms with Gasteiger partial charge in [0.1, 0.15) is 5.75 Å². The number of benzene rings is 2. The van der Waals surface area contributed by atoms with E-state index in [1.54, 1.807) is 14.2 Å². The van der Waals surface area contributed by atoms with E-state index in [4.69, 9.17) is 9.47 Å². The normalized spacial score (nSPS) is 27.8. The maximum absolute atomic E-state index is 10.2. The molecule has 2 bridgehead atoms. The average molecular weight is 408 g/mol. The predicted molar refractivity (Wildman–Crippen MR) is 119 cm³/mol. The van der Waals surface area contributed by atoms with Crippen LogP contribution >= 0.6 is 0 Å². The number of hydrogen-bond acceptors (Lipinski definition) is 4. The summed E-state index contributed by atoms with van der Waals surface area (Å²) in [6, 6.07) is 13.1. The minimum absolute atomic E-state index is 0.287. The molecule has 160 valence electrons. The molecule has 1 saturated heterocycles. The van der Waals surface area contributed by atoms with Gasteiger partial charge in [-0.2, -0.15) is 0 Å². The van der Waals surface area contributed by atoms with Gasteiger partial charge in [0.05, 0.1) is 14.2 Å². The van der Waals surface area contributed by atoms with Crippen molar-refractivity contribution in [1.29, 1.82) is 0 Å². The molecule has 1 saturated carbocycles. The fourth-order valence-corrected chi connectivity index (χ4v) is 6.66. The van der Waals surface area contributed by atoms with Crippen LogP contribution in [0.5, 0.6) is 17.2 Å². The van der Waals surface area contributed by atoms with E-state index in [0.29, 0.717) is 11.8 Å². The van der Waals surface area contributed by atoms with Crippen molar-refractivity contribution >= 4 is 0 Å². The van der Waals surface area contributed by atoms with Crippen LogP contribution in [-0.4, -0.2) is 43.4 Å². The first-order valence-electron chi connectivity index (χ1n) is 11.4. The van der Waals surface area contributed by atoms with Gasteiger partial charge in [0.25, 0.3) is 0 Å². The highest BCUT2D eigenvalue weighted by Crippen LogP contribution is 2.56. The third-order valence-electron chi connectivity index (χ3n) is 8.07. The van der Waals surface area contributed by atoms with E-state index in [9.17, 15) is 5.11 Å². The minimum Gasteiger partial charge on any atom is -0.508 e. The molecule has 30 heavy (non-hydrogen) atoms. The smallest absolute Gasteiger partial charge is 0.160 e. The van der Waals surface area contributed by atoms with Crippen molar-refractivity contribution < 1.29 is 14.6 Å². The van der Waals surface area contributed by atoms with Crippen LogP contribution in [0.15, 0.2) is 36.4 Å². The summed E-state index contributed by atoms with van der Waals surface area (Å²) in [6.45, 7) is 2.24. The van der Waals surface area contributed by atoms with Crippen molar-refractivity contribution in [3.05, 3.63) is 53.1 Å². The standard InChI is InChI=1S/C26H33NO3/c1-29-24-9-6-18(15-25(24)30-2)10-13-27-14-12-26-11-4-3-5-21(26)23(27)16-19-7-8-20(28)17-22(19)26/h6-9,15,17,21,23,28H,3-5,10-14,16H2,1-2H3/t21-,23-,26+/m0/s1. The molecule has 0 unspecified atom stereocenters. The minimum atomic E-state index is 0.287. The number of phenolic OH excluding ortho intramolecular Hbond substituents is 1. The number of likely N-dealkylation sites (tertiary alicyclic amines) is 1. The molecule has 1 heterocycles. The highest BCUT2D eigenvalue weighted by Gasteiger charge is 2.53. The third-order valence-corrected chi connectivity index (χ3v) is 8.07. The third kappa shape index (κ3) is 3.17. The van der Waals surface area contributed by atoms with Crippen molar-refractivity contribution in [2.75, 3.05) is 27.3 Å². The van der Waals surface area contributed by atoms with Crippen LogP contribution in [0.2, 0.25) is 0 Å². The lowest BCUT2D eigenvalue weighted by atomic mass is 9.52. The topological polar surface area (TPSA) is 41.9 Å². The van der Waals surface area contributed by atoms with E-state index in [-0.39, 0.29) is 5.41 Å². The monoisotopic (exact) mass is 407 g/mol. The molecule has 0 radical (unpaired) electrons. The van der Waals surface area contributed by atoms with Crippen LogP contribution < -0.4 is 9.47 Å². The van der Waals surface area contributed by atoms with Gasteiger partial charge in [0.15, 0.2) is 11.5 Å². The van der Waals surface area contributed by atoms with Crippen LogP contribution in [-0.2, 0) is 18.3 Å². The highest BCUT2D eigenvalue weighted by molar-refractivity contribution is 5.45. The summed E-state index contributed by atoms with van der Waals surface area (Å²) in [5.74, 6) is 2.76. The maximum atomic E-state index is 10.2. The van der Waals surface area contributed by atoms with E-state index in [0.717, 1.165) is 43.3 Å². The summed E-state index contributed by atoms with van der Waals surface area (Å²) >= 11 is 0. The summed E-state index contributed by atoms with van der Waals surface area (Å²) in [4.78, 5) is 2.75. The molecule has 3 aliphatic rings. The molecule has 5 rings (SSSR count). The quantitative estimate of drug-likeness (QED) is 0.779. The summed E-state index contributed by atoms with van der Waals surface area (Å²) < 4.78 is 10.9. The number of rotatable bonds is 5. The molecule has 3 atom stereocenters. The van der Waals surface area contributed by atoms with Gasteiger partial charge in [-0.05, 0) is 85.5 Å². The molecule has 0 aromatic heterocycles. The molecule has 0 amide bonds. The zero-order valence-electron chi connectivity index (χ0n) is 18.2. The molecular weight excluding hydrogens is 374 g/mol.